The number of para-hydroxylation sites is 1. The molecule has 0 unspecified atom stereocenters. The van der Waals surface area contributed by atoms with Crippen molar-refractivity contribution < 1.29 is 43.7 Å². The van der Waals surface area contributed by atoms with Crippen molar-refractivity contribution in [2.45, 2.75) is 9.79 Å². The SMILES string of the molecule is N=C1C(=O)c2c(N)cc(S(=O)(=O)O)cc2C=C1S(=O)(=O)O.Nc1ccccc1S(=O)(=O)O. The van der Waals surface area contributed by atoms with Gasteiger partial charge in [-0.3, -0.25) is 23.9 Å². The molecule has 0 atom stereocenters. The van der Waals surface area contributed by atoms with Gasteiger partial charge in [0.2, 0.25) is 5.78 Å². The highest BCUT2D eigenvalue weighted by Gasteiger charge is 2.33. The Morgan fingerprint density at radius 3 is 1.78 bits per heavy atom. The van der Waals surface area contributed by atoms with Crippen molar-refractivity contribution in [2.24, 2.45) is 0 Å². The van der Waals surface area contributed by atoms with Gasteiger partial charge in [-0.05, 0) is 35.9 Å². The molecule has 0 saturated carbocycles. The van der Waals surface area contributed by atoms with Crippen molar-refractivity contribution in [3.8, 4) is 0 Å². The van der Waals surface area contributed by atoms with Gasteiger partial charge in [0.15, 0.2) is 0 Å². The first-order valence-electron chi connectivity index (χ1n) is 8.00. The Balaban J connectivity index is 0.000000278. The van der Waals surface area contributed by atoms with Crippen molar-refractivity contribution in [3.63, 3.8) is 0 Å². The van der Waals surface area contributed by atoms with Crippen LogP contribution in [0.15, 0.2) is 51.1 Å². The molecule has 8 N–H and O–H groups in total. The second-order valence-corrected chi connectivity index (χ2v) is 10.4. The molecular weight excluding hydrogens is 490 g/mol. The topological polar surface area (TPSA) is 256 Å². The first-order chi connectivity index (χ1) is 14.4. The molecule has 1 aliphatic rings. The van der Waals surface area contributed by atoms with Crippen LogP contribution < -0.4 is 11.5 Å². The lowest BCUT2D eigenvalue weighted by atomic mass is 9.93. The Hall–Kier alpha value is -3.15. The maximum atomic E-state index is 11.9. The highest BCUT2D eigenvalue weighted by molar-refractivity contribution is 7.91. The highest BCUT2D eigenvalue weighted by atomic mass is 32.2. The van der Waals surface area contributed by atoms with Crippen molar-refractivity contribution in [3.05, 3.63) is 52.4 Å². The summed E-state index contributed by atoms with van der Waals surface area (Å²) in [4.78, 5) is 10.0. The van der Waals surface area contributed by atoms with Crippen LogP contribution in [0.25, 0.3) is 6.08 Å². The fourth-order valence-corrected chi connectivity index (χ4v) is 4.35. The second-order valence-electron chi connectivity index (χ2n) is 6.15. The normalized spacial score (nSPS) is 14.2. The molecule has 0 bridgehead atoms. The van der Waals surface area contributed by atoms with Crippen LogP contribution in [-0.2, 0) is 30.4 Å². The summed E-state index contributed by atoms with van der Waals surface area (Å²) in [6, 6.07) is 7.35. The quantitative estimate of drug-likeness (QED) is 0.246. The zero-order chi connectivity index (χ0) is 24.6. The number of hydrogen-bond acceptors (Lipinski definition) is 10. The number of nitrogens with one attached hydrogen (secondary N) is 1. The molecule has 2 aromatic carbocycles. The van der Waals surface area contributed by atoms with E-state index in [2.05, 4.69) is 0 Å². The summed E-state index contributed by atoms with van der Waals surface area (Å²) < 4.78 is 91.9. The number of ketones is 1. The fourth-order valence-electron chi connectivity index (χ4n) is 2.55. The summed E-state index contributed by atoms with van der Waals surface area (Å²) in [5.41, 5.74) is 8.98. The summed E-state index contributed by atoms with van der Waals surface area (Å²) in [6.07, 6.45) is 0.736. The lowest BCUT2D eigenvalue weighted by molar-refractivity contribution is 0.106. The van der Waals surface area contributed by atoms with Gasteiger partial charge in [0, 0.05) is 5.69 Å². The maximum absolute atomic E-state index is 11.9. The van der Waals surface area contributed by atoms with Crippen LogP contribution in [0.4, 0.5) is 11.4 Å². The number of carbonyl (C=O) groups excluding carboxylic acids is 1. The smallest absolute Gasteiger partial charge is 0.296 e. The third-order valence-corrected chi connectivity index (χ3v) is 6.57. The van der Waals surface area contributed by atoms with E-state index in [0.717, 1.165) is 18.2 Å². The minimum Gasteiger partial charge on any atom is -0.398 e. The van der Waals surface area contributed by atoms with Crippen molar-refractivity contribution in [2.75, 3.05) is 11.5 Å². The van der Waals surface area contributed by atoms with E-state index in [0.29, 0.717) is 0 Å². The average Bonchev–Trinajstić information content (AvgIpc) is 2.62. The van der Waals surface area contributed by atoms with E-state index >= 15 is 0 Å². The number of anilines is 2. The number of nitrogens with two attached hydrogens (primary N) is 2. The molecule has 0 aliphatic heterocycles. The molecule has 3 rings (SSSR count). The van der Waals surface area contributed by atoms with Gasteiger partial charge in [-0.1, -0.05) is 12.1 Å². The molecule has 0 aromatic heterocycles. The Morgan fingerprint density at radius 2 is 1.34 bits per heavy atom. The van der Waals surface area contributed by atoms with E-state index in [4.69, 9.17) is 30.5 Å². The Kier molecular flexibility index (Phi) is 6.60. The van der Waals surface area contributed by atoms with Crippen molar-refractivity contribution in [1.82, 2.24) is 0 Å². The van der Waals surface area contributed by atoms with E-state index in [1.807, 2.05) is 0 Å². The number of benzene rings is 2. The molecule has 1 aliphatic carbocycles. The average molecular weight is 506 g/mol. The van der Waals surface area contributed by atoms with Crippen LogP contribution in [-0.4, -0.2) is 50.4 Å². The Labute approximate surface area is 182 Å². The lowest BCUT2D eigenvalue weighted by Gasteiger charge is -2.17. The molecule has 32 heavy (non-hydrogen) atoms. The van der Waals surface area contributed by atoms with E-state index in [9.17, 15) is 30.0 Å². The molecule has 0 radical (unpaired) electrons. The van der Waals surface area contributed by atoms with Crippen molar-refractivity contribution >= 4 is 59.3 Å². The monoisotopic (exact) mass is 505 g/mol. The number of rotatable bonds is 3. The van der Waals surface area contributed by atoms with Crippen LogP contribution in [0.1, 0.15) is 15.9 Å². The summed E-state index contributed by atoms with van der Waals surface area (Å²) >= 11 is 0. The molecule has 172 valence electrons. The predicted molar refractivity (Wildman–Crippen MR) is 113 cm³/mol. The molecule has 0 saturated heterocycles. The number of allylic oxidation sites excluding steroid dienone is 1. The maximum Gasteiger partial charge on any atom is 0.296 e. The van der Waals surface area contributed by atoms with Gasteiger partial charge in [-0.25, -0.2) is 0 Å². The van der Waals surface area contributed by atoms with Gasteiger partial charge >= 0.3 is 0 Å². The van der Waals surface area contributed by atoms with Gasteiger partial charge in [0.1, 0.15) is 15.5 Å². The van der Waals surface area contributed by atoms with E-state index in [-0.39, 0.29) is 27.4 Å². The molecule has 2 aromatic rings. The molecule has 0 fully saturated rings. The predicted octanol–water partition coefficient (Wildman–Crippen LogP) is 0.476. The number of fused-ring (bicyclic) bond motifs is 1. The summed E-state index contributed by atoms with van der Waals surface area (Å²) in [6.45, 7) is 0. The van der Waals surface area contributed by atoms with Crippen molar-refractivity contribution in [1.29, 1.82) is 5.41 Å². The first kappa shape index (κ1) is 25.1. The first-order valence-corrected chi connectivity index (χ1v) is 12.3. The number of Topliss-reactive ketones (excluding diaryl/α,β-unsaturated/α-hetero) is 1. The van der Waals surface area contributed by atoms with E-state index in [1.165, 1.54) is 18.2 Å². The lowest BCUT2D eigenvalue weighted by Crippen LogP contribution is -2.26. The zero-order valence-corrected chi connectivity index (χ0v) is 18.1. The molecular formula is C16H15N3O10S3. The van der Waals surface area contributed by atoms with Gasteiger partial charge in [0.25, 0.3) is 30.4 Å². The molecule has 0 amide bonds. The van der Waals surface area contributed by atoms with Gasteiger partial charge in [0.05, 0.1) is 16.1 Å². The van der Waals surface area contributed by atoms with E-state index < -0.39 is 51.6 Å². The molecule has 16 heteroatoms. The summed E-state index contributed by atoms with van der Waals surface area (Å²) in [5.74, 6) is -1.08. The minimum absolute atomic E-state index is 0.0509. The molecule has 0 heterocycles. The van der Waals surface area contributed by atoms with Gasteiger partial charge < -0.3 is 11.5 Å². The third-order valence-electron chi connectivity index (χ3n) is 3.93. The Morgan fingerprint density at radius 1 is 0.781 bits per heavy atom. The van der Waals surface area contributed by atoms with E-state index in [1.54, 1.807) is 6.07 Å². The third kappa shape index (κ3) is 5.36. The van der Waals surface area contributed by atoms with Crippen LogP contribution in [0, 0.1) is 5.41 Å². The van der Waals surface area contributed by atoms with Crippen LogP contribution in [0.3, 0.4) is 0 Å². The van der Waals surface area contributed by atoms with Crippen LogP contribution >= 0.6 is 0 Å². The van der Waals surface area contributed by atoms with Gasteiger partial charge in [-0.2, -0.15) is 25.3 Å². The summed E-state index contributed by atoms with van der Waals surface area (Å²) in [5, 5.41) is 7.43. The summed E-state index contributed by atoms with van der Waals surface area (Å²) in [7, 11) is -13.6. The van der Waals surface area contributed by atoms with Crippen LogP contribution in [0.5, 0.6) is 0 Å². The standard InChI is InChI=1S/C10H8N2O7S2.C6H7NO3S/c11-6-3-5(20(14,15)16)1-4-2-7(21(17,18)19)9(12)10(13)8(4)6;7-5-3-1-2-4-6(5)11(8,9)10/h1-3,12H,11H2,(H,14,15,16)(H,17,18,19);1-4H,7H2,(H,8,9,10). The highest BCUT2D eigenvalue weighted by Crippen LogP contribution is 2.31. The molecule has 13 nitrogen and oxygen atoms in total. The zero-order valence-electron chi connectivity index (χ0n) is 15.6. The van der Waals surface area contributed by atoms with Gasteiger partial charge in [-0.15, -0.1) is 0 Å². The molecule has 0 spiro atoms. The number of hydrogen-bond donors (Lipinski definition) is 6. The largest absolute Gasteiger partial charge is 0.398 e. The number of carbonyl (C=O) groups is 1. The minimum atomic E-state index is -4.85. The number of nitrogen functional groups attached to an aromatic ring is 2. The second kappa shape index (κ2) is 8.41. The fraction of sp³-hybridized carbons (Fsp3) is 0. The van der Waals surface area contributed by atoms with Crippen LogP contribution in [0.2, 0.25) is 0 Å². The Bertz CT molecular complexity index is 1490.